The number of hydrogen-bond donors (Lipinski definition) is 1. The largest absolute Gasteiger partial charge is 0.416 e. The van der Waals surface area contributed by atoms with Crippen LogP contribution in [0.4, 0.5) is 24.5 Å². The predicted molar refractivity (Wildman–Crippen MR) is 113 cm³/mol. The molecule has 0 radical (unpaired) electrons. The van der Waals surface area contributed by atoms with E-state index in [1.54, 1.807) is 6.07 Å². The van der Waals surface area contributed by atoms with Gasteiger partial charge < -0.3 is 10.2 Å². The summed E-state index contributed by atoms with van der Waals surface area (Å²) in [5.41, 5.74) is 5.17. The molecule has 4 rings (SSSR count). The van der Waals surface area contributed by atoms with Gasteiger partial charge in [0.05, 0.1) is 5.56 Å². The molecule has 0 spiro atoms. The lowest BCUT2D eigenvalue weighted by atomic mass is 9.96. The molecule has 1 heterocycles. The van der Waals surface area contributed by atoms with Gasteiger partial charge in [0.2, 0.25) is 5.91 Å². The molecule has 0 unspecified atom stereocenters. The van der Waals surface area contributed by atoms with Crippen molar-refractivity contribution in [1.29, 1.82) is 0 Å². The van der Waals surface area contributed by atoms with Crippen molar-refractivity contribution in [2.75, 3.05) is 16.8 Å². The molecule has 2 aromatic rings. The normalized spacial score (nSPS) is 17.5. The first kappa shape index (κ1) is 20.8. The molecule has 1 aliphatic heterocycles. The zero-order valence-corrected chi connectivity index (χ0v) is 17.6. The van der Waals surface area contributed by atoms with Gasteiger partial charge in [-0.05, 0) is 85.0 Å². The van der Waals surface area contributed by atoms with Crippen LogP contribution < -0.4 is 10.2 Å². The van der Waals surface area contributed by atoms with Gasteiger partial charge in [-0.3, -0.25) is 4.79 Å². The number of amides is 1. The molecule has 0 aromatic heterocycles. The number of halogens is 3. The van der Waals surface area contributed by atoms with Crippen LogP contribution in [0.5, 0.6) is 0 Å². The molecule has 160 valence electrons. The number of nitrogens with one attached hydrogen (secondary N) is 1. The molecule has 1 aliphatic carbocycles. The average Bonchev–Trinajstić information content (AvgIpc) is 3.39. The topological polar surface area (TPSA) is 32.3 Å². The van der Waals surface area contributed by atoms with Crippen molar-refractivity contribution in [1.82, 2.24) is 0 Å². The minimum absolute atomic E-state index is 0.0568. The quantitative estimate of drug-likeness (QED) is 0.662. The molecule has 0 saturated heterocycles. The van der Waals surface area contributed by atoms with E-state index in [4.69, 9.17) is 0 Å². The molecule has 30 heavy (non-hydrogen) atoms. The molecule has 0 atom stereocenters. The fourth-order valence-corrected chi connectivity index (χ4v) is 4.23. The Morgan fingerprint density at radius 2 is 1.77 bits per heavy atom. The van der Waals surface area contributed by atoms with Gasteiger partial charge in [0, 0.05) is 30.9 Å². The summed E-state index contributed by atoms with van der Waals surface area (Å²) in [7, 11) is 0. The number of rotatable bonds is 4. The number of anilines is 2. The summed E-state index contributed by atoms with van der Waals surface area (Å²) in [5, 5.41) is 3.08. The lowest BCUT2D eigenvalue weighted by molar-refractivity contribution is -0.137. The molecule has 0 bridgehead atoms. The maximum absolute atomic E-state index is 13.0. The zero-order chi connectivity index (χ0) is 21.7. The maximum Gasteiger partial charge on any atom is 0.416 e. The third-order valence-electron chi connectivity index (χ3n) is 6.38. The Hall–Kier alpha value is -2.50. The number of carbonyl (C=O) groups is 1. The number of alkyl halides is 3. The van der Waals surface area contributed by atoms with Crippen molar-refractivity contribution in [2.24, 2.45) is 5.41 Å². The van der Waals surface area contributed by atoms with Crippen LogP contribution in [-0.2, 0) is 23.9 Å². The van der Waals surface area contributed by atoms with E-state index in [1.165, 1.54) is 6.07 Å². The third kappa shape index (κ3) is 4.32. The van der Waals surface area contributed by atoms with E-state index in [9.17, 15) is 18.0 Å². The van der Waals surface area contributed by atoms with E-state index in [2.05, 4.69) is 29.3 Å². The molecule has 1 N–H and O–H groups in total. The highest BCUT2D eigenvalue weighted by Gasteiger charge is 2.39. The summed E-state index contributed by atoms with van der Waals surface area (Å²) in [4.78, 5) is 14.6. The molecule has 2 aromatic carbocycles. The van der Waals surface area contributed by atoms with Crippen LogP contribution in [0.2, 0.25) is 0 Å². The number of carbonyl (C=O) groups excluding carboxylic acids is 1. The van der Waals surface area contributed by atoms with Gasteiger partial charge in [0.15, 0.2) is 0 Å². The fourth-order valence-electron chi connectivity index (χ4n) is 4.23. The molecular formula is C24H27F3N2O. The fraction of sp³-hybridized carbons (Fsp3) is 0.458. The maximum atomic E-state index is 13.0. The smallest absolute Gasteiger partial charge is 0.367 e. The van der Waals surface area contributed by atoms with Crippen LogP contribution in [0, 0.1) is 19.3 Å². The van der Waals surface area contributed by atoms with Crippen molar-refractivity contribution in [3.63, 3.8) is 0 Å². The highest BCUT2D eigenvalue weighted by atomic mass is 19.4. The number of aryl methyl sites for hydroxylation is 2. The summed E-state index contributed by atoms with van der Waals surface area (Å²) in [6.07, 6.45) is -0.959. The van der Waals surface area contributed by atoms with Crippen LogP contribution >= 0.6 is 0 Å². The third-order valence-corrected chi connectivity index (χ3v) is 6.38. The summed E-state index contributed by atoms with van der Waals surface area (Å²) in [6.45, 7) is 7.35. The number of hydrogen-bond acceptors (Lipinski definition) is 2. The predicted octanol–water partition coefficient (Wildman–Crippen LogP) is 6.01. The highest BCUT2D eigenvalue weighted by molar-refractivity contribution is 5.93. The SMILES string of the molecule is Cc1cc(N2CCc3cc(C(F)(F)F)ccc3C2)cc(C)c1NC(=O)CC1(C)CC1. The van der Waals surface area contributed by atoms with Gasteiger partial charge in [0.25, 0.3) is 0 Å². The summed E-state index contributed by atoms with van der Waals surface area (Å²) in [5.74, 6) is 0.0568. The monoisotopic (exact) mass is 416 g/mol. The summed E-state index contributed by atoms with van der Waals surface area (Å²) >= 11 is 0. The first-order valence-electron chi connectivity index (χ1n) is 10.4. The molecule has 6 heteroatoms. The van der Waals surface area contributed by atoms with Crippen LogP contribution in [0.25, 0.3) is 0 Å². The zero-order valence-electron chi connectivity index (χ0n) is 17.6. The van der Waals surface area contributed by atoms with Gasteiger partial charge in [-0.15, -0.1) is 0 Å². The summed E-state index contributed by atoms with van der Waals surface area (Å²) in [6, 6.07) is 8.14. The van der Waals surface area contributed by atoms with Gasteiger partial charge in [0.1, 0.15) is 0 Å². The van der Waals surface area contributed by atoms with Crippen molar-refractivity contribution < 1.29 is 18.0 Å². The second-order valence-electron chi connectivity index (χ2n) is 9.14. The van der Waals surface area contributed by atoms with Crippen LogP contribution in [0.3, 0.4) is 0 Å². The lowest BCUT2D eigenvalue weighted by Gasteiger charge is -2.32. The van der Waals surface area contributed by atoms with Crippen molar-refractivity contribution in [3.05, 3.63) is 58.1 Å². The van der Waals surface area contributed by atoms with Crippen LogP contribution in [0.15, 0.2) is 30.3 Å². The second kappa shape index (κ2) is 7.33. The highest BCUT2D eigenvalue weighted by Crippen LogP contribution is 2.48. The van der Waals surface area contributed by atoms with E-state index in [0.29, 0.717) is 25.9 Å². The van der Waals surface area contributed by atoms with Gasteiger partial charge >= 0.3 is 6.18 Å². The molecule has 2 aliphatic rings. The standard InChI is InChI=1S/C24H27F3N2O/c1-15-10-20(11-16(2)22(15)28-21(30)13-23(3)7-8-23)29-9-6-17-12-19(24(25,26)27)5-4-18(17)14-29/h4-5,10-12H,6-9,13-14H2,1-3H3,(H,28,30). The van der Waals surface area contributed by atoms with E-state index in [1.807, 2.05) is 13.8 Å². The number of nitrogens with zero attached hydrogens (tertiary/aromatic N) is 1. The Labute approximate surface area is 175 Å². The van der Waals surface area contributed by atoms with Crippen molar-refractivity contribution in [3.8, 4) is 0 Å². The Kier molecular flexibility index (Phi) is 5.07. The number of fused-ring (bicyclic) bond motifs is 1. The Morgan fingerprint density at radius 1 is 1.10 bits per heavy atom. The minimum Gasteiger partial charge on any atom is -0.367 e. The first-order chi connectivity index (χ1) is 14.0. The Balaban J connectivity index is 1.50. The van der Waals surface area contributed by atoms with E-state index in [0.717, 1.165) is 52.5 Å². The van der Waals surface area contributed by atoms with E-state index < -0.39 is 11.7 Å². The average molecular weight is 416 g/mol. The molecule has 1 fully saturated rings. The molecular weight excluding hydrogens is 389 g/mol. The van der Waals surface area contributed by atoms with Gasteiger partial charge in [-0.1, -0.05) is 13.0 Å². The minimum atomic E-state index is -4.31. The second-order valence-corrected chi connectivity index (χ2v) is 9.14. The van der Waals surface area contributed by atoms with Gasteiger partial charge in [-0.2, -0.15) is 13.2 Å². The lowest BCUT2D eigenvalue weighted by Crippen LogP contribution is -2.30. The van der Waals surface area contributed by atoms with Crippen molar-refractivity contribution in [2.45, 2.75) is 59.2 Å². The van der Waals surface area contributed by atoms with Gasteiger partial charge in [-0.25, -0.2) is 0 Å². The van der Waals surface area contributed by atoms with Crippen LogP contribution in [0.1, 0.15) is 54.0 Å². The molecule has 1 saturated carbocycles. The molecule has 3 nitrogen and oxygen atoms in total. The Morgan fingerprint density at radius 3 is 2.37 bits per heavy atom. The van der Waals surface area contributed by atoms with E-state index in [-0.39, 0.29) is 11.3 Å². The molecule has 1 amide bonds. The summed E-state index contributed by atoms with van der Waals surface area (Å²) < 4.78 is 38.9. The van der Waals surface area contributed by atoms with E-state index >= 15 is 0 Å². The first-order valence-corrected chi connectivity index (χ1v) is 10.4. The number of benzene rings is 2. The van der Waals surface area contributed by atoms with Crippen molar-refractivity contribution >= 4 is 17.3 Å². The Bertz CT molecular complexity index is 969. The van der Waals surface area contributed by atoms with Crippen LogP contribution in [-0.4, -0.2) is 12.5 Å².